The van der Waals surface area contributed by atoms with Gasteiger partial charge in [0.15, 0.2) is 5.11 Å². The van der Waals surface area contributed by atoms with Gasteiger partial charge >= 0.3 is 0 Å². The van der Waals surface area contributed by atoms with Gasteiger partial charge in [0, 0.05) is 24.3 Å². The topological polar surface area (TPSA) is 110 Å². The maximum Gasteiger partial charge on any atom is 0.221 e. The van der Waals surface area contributed by atoms with Gasteiger partial charge in [-0.3, -0.25) is 4.79 Å². The molecule has 0 fully saturated rings. The van der Waals surface area contributed by atoms with Crippen LogP contribution in [0.4, 0.5) is 11.4 Å². The van der Waals surface area contributed by atoms with Crippen LogP contribution in [-0.4, -0.2) is 30.0 Å². The third-order valence-corrected chi connectivity index (χ3v) is 4.76. The average Bonchev–Trinajstić information content (AvgIpc) is 2.59. The van der Waals surface area contributed by atoms with Gasteiger partial charge < -0.3 is 20.5 Å². The second kappa shape index (κ2) is 9.64. The third-order valence-electron chi connectivity index (χ3n) is 3.65. The number of anilines is 2. The number of amides is 1. The van der Waals surface area contributed by atoms with Crippen LogP contribution in [0.3, 0.4) is 0 Å². The van der Waals surface area contributed by atoms with Crippen molar-refractivity contribution in [3.8, 4) is 0 Å². The van der Waals surface area contributed by atoms with Crippen molar-refractivity contribution in [2.45, 2.75) is 31.7 Å². The average molecular weight is 433 g/mol. The lowest BCUT2D eigenvalue weighted by Gasteiger charge is -2.16. The number of nitrogens with one attached hydrogen (secondary N) is 3. The molecule has 9 heteroatoms. The van der Waals surface area contributed by atoms with E-state index in [1.54, 1.807) is 42.5 Å². The minimum absolute atomic E-state index is 0.108. The molecule has 2 rings (SSSR count). The zero-order chi connectivity index (χ0) is 21.6. The van der Waals surface area contributed by atoms with E-state index in [2.05, 4.69) is 16.0 Å². The molecule has 154 valence electrons. The number of hydrogen-bond acceptors (Lipinski definition) is 5. The summed E-state index contributed by atoms with van der Waals surface area (Å²) >= 11 is 5.14. The Morgan fingerprint density at radius 1 is 1.03 bits per heavy atom. The number of hydrogen-bond donors (Lipinski definition) is 3. The maximum atomic E-state index is 11.7. The molecule has 0 aliphatic heterocycles. The molecule has 1 amide bonds. The minimum Gasteiger partial charge on any atom is -0.744 e. The van der Waals surface area contributed by atoms with E-state index in [1.807, 2.05) is 13.8 Å². The van der Waals surface area contributed by atoms with E-state index in [-0.39, 0.29) is 22.4 Å². The lowest BCUT2D eigenvalue weighted by molar-refractivity contribution is -0.114. The Labute approximate surface area is 176 Å². The summed E-state index contributed by atoms with van der Waals surface area (Å²) < 4.78 is 35.2. The molecule has 0 unspecified atom stereocenters. The van der Waals surface area contributed by atoms with E-state index in [0.29, 0.717) is 16.5 Å². The zero-order valence-corrected chi connectivity index (χ0v) is 17.9. The van der Waals surface area contributed by atoms with Crippen LogP contribution in [0.1, 0.15) is 31.9 Å². The summed E-state index contributed by atoms with van der Waals surface area (Å²) in [5.74, 6) is -0.171. The molecular weight excluding hydrogens is 410 g/mol. The van der Waals surface area contributed by atoms with Crippen LogP contribution >= 0.6 is 12.2 Å². The first-order chi connectivity index (χ1) is 13.5. The highest BCUT2D eigenvalue weighted by atomic mass is 32.2. The molecule has 0 aromatic heterocycles. The molecule has 0 spiro atoms. The quantitative estimate of drug-likeness (QED) is 0.364. The number of thiocarbonyl (C=S) groups is 1. The number of rotatable bonds is 6. The van der Waals surface area contributed by atoms with Crippen molar-refractivity contribution >= 4 is 56.9 Å². The zero-order valence-electron chi connectivity index (χ0n) is 16.2. The summed E-state index contributed by atoms with van der Waals surface area (Å²) in [4.78, 5) is 10.7. The Kier molecular flexibility index (Phi) is 7.49. The van der Waals surface area contributed by atoms with Gasteiger partial charge in [-0.25, -0.2) is 8.42 Å². The first-order valence-electron chi connectivity index (χ1n) is 8.78. The smallest absolute Gasteiger partial charge is 0.221 e. The molecule has 7 nitrogen and oxygen atoms in total. The Hall–Kier alpha value is -2.75. The predicted molar refractivity (Wildman–Crippen MR) is 119 cm³/mol. The molecule has 2 aromatic carbocycles. The fraction of sp³-hybridized carbons (Fsp3) is 0.200. The number of carbonyl (C=O) groups is 1. The Morgan fingerprint density at radius 3 is 2.21 bits per heavy atom. The SMILES string of the molecule is CC(=O)Nc1ccc(/C=C/c2ccc(NC(=S)NC(C)C)cc2S(=O)(=O)[O-])cc1. The van der Waals surface area contributed by atoms with Crippen LogP contribution in [0.5, 0.6) is 0 Å². The summed E-state index contributed by atoms with van der Waals surface area (Å²) in [5, 5.41) is 8.84. The van der Waals surface area contributed by atoms with Gasteiger partial charge in [-0.1, -0.05) is 30.4 Å². The van der Waals surface area contributed by atoms with Crippen molar-refractivity contribution in [3.05, 3.63) is 53.6 Å². The van der Waals surface area contributed by atoms with E-state index < -0.39 is 10.1 Å². The lowest BCUT2D eigenvalue weighted by atomic mass is 10.1. The van der Waals surface area contributed by atoms with E-state index >= 15 is 0 Å². The van der Waals surface area contributed by atoms with Crippen molar-refractivity contribution in [2.24, 2.45) is 0 Å². The monoisotopic (exact) mass is 432 g/mol. The molecule has 2 aromatic rings. The molecular formula is C20H22N3O4S2-. The molecule has 29 heavy (non-hydrogen) atoms. The van der Waals surface area contributed by atoms with Gasteiger partial charge in [0.2, 0.25) is 5.91 Å². The van der Waals surface area contributed by atoms with E-state index in [1.165, 1.54) is 19.1 Å². The first-order valence-corrected chi connectivity index (χ1v) is 10.6. The normalized spacial score (nSPS) is 11.5. The van der Waals surface area contributed by atoms with Crippen molar-refractivity contribution < 1.29 is 17.8 Å². The lowest BCUT2D eigenvalue weighted by Crippen LogP contribution is -2.33. The predicted octanol–water partition coefficient (Wildman–Crippen LogP) is 3.41. The van der Waals surface area contributed by atoms with Gasteiger partial charge in [-0.2, -0.15) is 0 Å². The summed E-state index contributed by atoms with van der Waals surface area (Å²) in [7, 11) is -4.69. The van der Waals surface area contributed by atoms with Gasteiger partial charge in [0.1, 0.15) is 10.1 Å². The van der Waals surface area contributed by atoms with Gasteiger partial charge in [0.25, 0.3) is 0 Å². The summed E-state index contributed by atoms with van der Waals surface area (Å²) in [5.41, 5.74) is 2.09. The van der Waals surface area contributed by atoms with Crippen molar-refractivity contribution in [1.29, 1.82) is 0 Å². The van der Waals surface area contributed by atoms with Gasteiger partial charge in [-0.05, 0) is 61.5 Å². The second-order valence-electron chi connectivity index (χ2n) is 6.60. The Balaban J connectivity index is 2.26. The first kappa shape index (κ1) is 22.5. The van der Waals surface area contributed by atoms with Crippen LogP contribution in [-0.2, 0) is 14.9 Å². The van der Waals surface area contributed by atoms with E-state index in [0.717, 1.165) is 5.56 Å². The number of carbonyl (C=O) groups excluding carboxylic acids is 1. The van der Waals surface area contributed by atoms with Crippen LogP contribution in [0.15, 0.2) is 47.4 Å². The molecule has 0 aliphatic rings. The molecule has 0 heterocycles. The van der Waals surface area contributed by atoms with Crippen LogP contribution in [0.2, 0.25) is 0 Å². The van der Waals surface area contributed by atoms with Crippen molar-refractivity contribution in [3.63, 3.8) is 0 Å². The van der Waals surface area contributed by atoms with Crippen molar-refractivity contribution in [1.82, 2.24) is 5.32 Å². The fourth-order valence-corrected chi connectivity index (χ4v) is 3.51. The Morgan fingerprint density at radius 2 is 1.66 bits per heavy atom. The third kappa shape index (κ3) is 7.30. The summed E-state index contributed by atoms with van der Waals surface area (Å²) in [6, 6.07) is 11.5. The number of benzene rings is 2. The molecule has 0 radical (unpaired) electrons. The Bertz CT molecular complexity index is 1030. The second-order valence-corrected chi connectivity index (χ2v) is 8.35. The summed E-state index contributed by atoms with van der Waals surface area (Å²) in [6.07, 6.45) is 3.23. The molecule has 0 aliphatic carbocycles. The highest BCUT2D eigenvalue weighted by Crippen LogP contribution is 2.23. The highest BCUT2D eigenvalue weighted by molar-refractivity contribution is 7.85. The largest absolute Gasteiger partial charge is 0.744 e. The molecule has 0 atom stereocenters. The fourth-order valence-electron chi connectivity index (χ4n) is 2.46. The van der Waals surface area contributed by atoms with E-state index in [4.69, 9.17) is 12.2 Å². The van der Waals surface area contributed by atoms with Gasteiger partial charge in [0.05, 0.1) is 4.90 Å². The van der Waals surface area contributed by atoms with Crippen molar-refractivity contribution in [2.75, 3.05) is 10.6 Å². The maximum absolute atomic E-state index is 11.7. The van der Waals surface area contributed by atoms with Crippen LogP contribution < -0.4 is 16.0 Å². The molecule has 3 N–H and O–H groups in total. The van der Waals surface area contributed by atoms with Crippen LogP contribution in [0.25, 0.3) is 12.2 Å². The molecule has 0 saturated carbocycles. The van der Waals surface area contributed by atoms with Gasteiger partial charge in [-0.15, -0.1) is 0 Å². The standard InChI is InChI=1S/C20H23N3O4S2/c1-13(2)21-20(28)23-18-11-8-16(19(12-18)29(25,26)27)7-4-15-5-9-17(10-6-15)22-14(3)24/h4-13H,1-3H3,(H,22,24)(H2,21,23,28)(H,25,26,27)/p-1/b7-4+. The van der Waals surface area contributed by atoms with E-state index in [9.17, 15) is 17.8 Å². The van der Waals surface area contributed by atoms with Crippen LogP contribution in [0, 0.1) is 0 Å². The molecule has 0 saturated heterocycles. The highest BCUT2D eigenvalue weighted by Gasteiger charge is 2.10. The minimum atomic E-state index is -4.69. The molecule has 0 bridgehead atoms. The summed E-state index contributed by atoms with van der Waals surface area (Å²) in [6.45, 7) is 5.25.